The van der Waals surface area contributed by atoms with E-state index in [0.717, 1.165) is 17.9 Å². The number of anilines is 1. The van der Waals surface area contributed by atoms with E-state index >= 15 is 0 Å². The van der Waals surface area contributed by atoms with Crippen molar-refractivity contribution in [1.82, 2.24) is 15.2 Å². The van der Waals surface area contributed by atoms with Crippen molar-refractivity contribution in [2.75, 3.05) is 25.0 Å². The zero-order valence-electron chi connectivity index (χ0n) is 12.1. The van der Waals surface area contributed by atoms with Gasteiger partial charge in [-0.3, -0.25) is 14.6 Å². The normalized spacial score (nSPS) is 18.6. The molecule has 0 aliphatic carbocycles. The predicted octanol–water partition coefficient (Wildman–Crippen LogP) is 0.782. The molecule has 1 saturated heterocycles. The number of aryl methyl sites for hydroxylation is 1. The van der Waals surface area contributed by atoms with Crippen molar-refractivity contribution in [3.05, 3.63) is 23.5 Å². The highest BCUT2D eigenvalue weighted by molar-refractivity contribution is 6.02. The van der Waals surface area contributed by atoms with Crippen LogP contribution in [0.25, 0.3) is 0 Å². The smallest absolute Gasteiger partial charge is 0.258 e. The van der Waals surface area contributed by atoms with Gasteiger partial charge in [-0.1, -0.05) is 0 Å². The molecule has 6 heteroatoms. The van der Waals surface area contributed by atoms with E-state index in [-0.39, 0.29) is 11.8 Å². The number of rotatable bonds is 3. The molecule has 2 amide bonds. The van der Waals surface area contributed by atoms with Crippen molar-refractivity contribution in [3.63, 3.8) is 0 Å². The largest absolute Gasteiger partial charge is 0.385 e. The topological polar surface area (TPSA) is 74.3 Å². The highest BCUT2D eigenvalue weighted by Gasteiger charge is 2.31. The Morgan fingerprint density at radius 2 is 2.35 bits per heavy atom. The van der Waals surface area contributed by atoms with Crippen LogP contribution in [-0.4, -0.2) is 47.4 Å². The van der Waals surface area contributed by atoms with Crippen molar-refractivity contribution in [1.29, 1.82) is 0 Å². The lowest BCUT2D eigenvalue weighted by Crippen LogP contribution is -2.55. The molecule has 0 bridgehead atoms. The molecule has 2 N–H and O–H groups in total. The van der Waals surface area contributed by atoms with Gasteiger partial charge in [0.05, 0.1) is 11.3 Å². The fraction of sp³-hybridized carbons (Fsp3) is 0.500. The lowest BCUT2D eigenvalue weighted by atomic mass is 10.1. The molecule has 1 aliphatic rings. The van der Waals surface area contributed by atoms with E-state index < -0.39 is 6.04 Å². The first-order valence-electron chi connectivity index (χ1n) is 6.83. The zero-order chi connectivity index (χ0) is 14.7. The van der Waals surface area contributed by atoms with Crippen LogP contribution in [0, 0.1) is 6.92 Å². The first-order valence-corrected chi connectivity index (χ1v) is 6.83. The molecule has 6 nitrogen and oxygen atoms in total. The van der Waals surface area contributed by atoms with E-state index in [1.54, 1.807) is 18.0 Å². The van der Waals surface area contributed by atoms with Gasteiger partial charge in [0.25, 0.3) is 5.91 Å². The highest BCUT2D eigenvalue weighted by atomic mass is 16.2. The Bertz CT molecular complexity index is 530. The molecule has 0 spiro atoms. The third kappa shape index (κ3) is 2.74. The van der Waals surface area contributed by atoms with Crippen molar-refractivity contribution in [3.8, 4) is 0 Å². The summed E-state index contributed by atoms with van der Waals surface area (Å²) < 4.78 is 0. The summed E-state index contributed by atoms with van der Waals surface area (Å²) in [7, 11) is 0. The summed E-state index contributed by atoms with van der Waals surface area (Å²) in [6.07, 6.45) is 1.58. The molecule has 2 heterocycles. The summed E-state index contributed by atoms with van der Waals surface area (Å²) in [6, 6.07) is 1.40. The second-order valence-electron chi connectivity index (χ2n) is 4.87. The third-order valence-corrected chi connectivity index (χ3v) is 3.40. The van der Waals surface area contributed by atoms with Gasteiger partial charge in [0.15, 0.2) is 0 Å². The molecule has 2 rings (SSSR count). The summed E-state index contributed by atoms with van der Waals surface area (Å²) in [5.74, 6) is -0.273. The molecule has 1 aromatic heterocycles. The summed E-state index contributed by atoms with van der Waals surface area (Å²) in [4.78, 5) is 30.1. The van der Waals surface area contributed by atoms with Crippen molar-refractivity contribution in [2.45, 2.75) is 26.8 Å². The number of piperazine rings is 1. The van der Waals surface area contributed by atoms with Gasteiger partial charge < -0.3 is 15.5 Å². The molecule has 1 unspecified atom stereocenters. The molecule has 108 valence electrons. The van der Waals surface area contributed by atoms with Gasteiger partial charge in [-0.05, 0) is 26.8 Å². The fourth-order valence-electron chi connectivity index (χ4n) is 2.28. The molecule has 1 aliphatic heterocycles. The number of hydrogen-bond acceptors (Lipinski definition) is 4. The minimum Gasteiger partial charge on any atom is -0.385 e. The molecule has 0 aromatic carbocycles. The van der Waals surface area contributed by atoms with E-state index in [1.807, 2.05) is 19.9 Å². The Hall–Kier alpha value is -2.11. The quantitative estimate of drug-likeness (QED) is 0.855. The minimum atomic E-state index is -0.452. The number of amides is 2. The average Bonchev–Trinajstić information content (AvgIpc) is 2.42. The van der Waals surface area contributed by atoms with Gasteiger partial charge in [-0.2, -0.15) is 0 Å². The van der Waals surface area contributed by atoms with E-state index in [0.29, 0.717) is 18.7 Å². The van der Waals surface area contributed by atoms with Gasteiger partial charge in [0.2, 0.25) is 5.91 Å². The van der Waals surface area contributed by atoms with Crippen LogP contribution in [0.2, 0.25) is 0 Å². The minimum absolute atomic E-state index is 0.116. The maximum atomic E-state index is 12.6. The van der Waals surface area contributed by atoms with Crippen molar-refractivity contribution in [2.24, 2.45) is 0 Å². The maximum Gasteiger partial charge on any atom is 0.258 e. The van der Waals surface area contributed by atoms with Crippen LogP contribution in [0.5, 0.6) is 0 Å². The Balaban J connectivity index is 2.30. The highest BCUT2D eigenvalue weighted by Crippen LogP contribution is 2.19. The van der Waals surface area contributed by atoms with Crippen LogP contribution in [-0.2, 0) is 4.79 Å². The molecule has 1 fully saturated rings. The van der Waals surface area contributed by atoms with Crippen LogP contribution in [0.3, 0.4) is 0 Å². The van der Waals surface area contributed by atoms with Gasteiger partial charge in [-0.15, -0.1) is 0 Å². The van der Waals surface area contributed by atoms with E-state index in [2.05, 4.69) is 15.6 Å². The molecule has 1 aromatic rings. The number of pyridine rings is 1. The lowest BCUT2D eigenvalue weighted by Gasteiger charge is -2.33. The zero-order valence-corrected chi connectivity index (χ0v) is 12.1. The molecular weight excluding hydrogens is 256 g/mol. The summed E-state index contributed by atoms with van der Waals surface area (Å²) >= 11 is 0. The molecular formula is C14H20N4O2. The molecule has 20 heavy (non-hydrogen) atoms. The first-order chi connectivity index (χ1) is 9.54. The number of carbonyl (C=O) groups excluding carboxylic acids is 2. The predicted molar refractivity (Wildman–Crippen MR) is 76.6 cm³/mol. The lowest BCUT2D eigenvalue weighted by molar-refractivity contribution is -0.127. The van der Waals surface area contributed by atoms with Crippen LogP contribution in [0.15, 0.2) is 12.3 Å². The molecule has 1 atom stereocenters. The summed E-state index contributed by atoms with van der Waals surface area (Å²) in [5, 5.41) is 5.93. The van der Waals surface area contributed by atoms with E-state index in [4.69, 9.17) is 0 Å². The Kier molecular flexibility index (Phi) is 4.22. The van der Waals surface area contributed by atoms with E-state index in [9.17, 15) is 9.59 Å². The second-order valence-corrected chi connectivity index (χ2v) is 4.87. The van der Waals surface area contributed by atoms with Crippen molar-refractivity contribution >= 4 is 17.5 Å². The van der Waals surface area contributed by atoms with Crippen LogP contribution < -0.4 is 10.6 Å². The summed E-state index contributed by atoms with van der Waals surface area (Å²) in [5.41, 5.74) is 2.13. The number of aromatic nitrogens is 1. The summed E-state index contributed by atoms with van der Waals surface area (Å²) in [6.45, 7) is 7.32. The molecule has 0 radical (unpaired) electrons. The van der Waals surface area contributed by atoms with Crippen molar-refractivity contribution < 1.29 is 9.59 Å². The third-order valence-electron chi connectivity index (χ3n) is 3.40. The number of nitrogens with zero attached hydrogens (tertiary/aromatic N) is 2. The van der Waals surface area contributed by atoms with Gasteiger partial charge in [-0.25, -0.2) is 0 Å². The molecule has 0 saturated carbocycles. The van der Waals surface area contributed by atoms with Crippen LogP contribution in [0.1, 0.15) is 29.9 Å². The van der Waals surface area contributed by atoms with E-state index in [1.165, 1.54) is 0 Å². The fourth-order valence-corrected chi connectivity index (χ4v) is 2.28. The Labute approximate surface area is 118 Å². The Morgan fingerprint density at radius 1 is 1.60 bits per heavy atom. The maximum absolute atomic E-state index is 12.6. The Morgan fingerprint density at radius 3 is 3.05 bits per heavy atom. The average molecular weight is 276 g/mol. The standard InChI is InChI=1S/C14H20N4O2/c1-4-15-12-7-9(2)17-8-11(12)14(20)18-6-5-16-13(19)10(18)3/h7-8,10H,4-6H2,1-3H3,(H,15,17)(H,16,19). The van der Waals surface area contributed by atoms with Gasteiger partial charge in [0, 0.05) is 31.5 Å². The van der Waals surface area contributed by atoms with Crippen LogP contribution in [0.4, 0.5) is 5.69 Å². The SMILES string of the molecule is CCNc1cc(C)ncc1C(=O)N1CCNC(=O)C1C. The number of carbonyl (C=O) groups is 2. The van der Waals surface area contributed by atoms with Gasteiger partial charge >= 0.3 is 0 Å². The number of nitrogens with one attached hydrogen (secondary N) is 2. The van der Waals surface area contributed by atoms with Gasteiger partial charge in [0.1, 0.15) is 6.04 Å². The van der Waals surface area contributed by atoms with Crippen LogP contribution >= 0.6 is 0 Å². The monoisotopic (exact) mass is 276 g/mol. The second kappa shape index (κ2) is 5.90. The first kappa shape index (κ1) is 14.3. The number of hydrogen-bond donors (Lipinski definition) is 2.